The fourth-order valence-electron chi connectivity index (χ4n) is 4.54. The molecule has 1 aromatic heterocycles. The third kappa shape index (κ3) is 5.11. The van der Waals surface area contributed by atoms with E-state index >= 15 is 0 Å². The highest BCUT2D eigenvalue weighted by atomic mass is 32.1. The lowest BCUT2D eigenvalue weighted by Gasteiger charge is -2.27. The molecule has 9 heteroatoms. The molecule has 184 valence electrons. The number of benzene rings is 2. The Bertz CT molecular complexity index is 1170. The quantitative estimate of drug-likeness (QED) is 0.494. The number of thiazole rings is 1. The molecule has 2 aliphatic rings. The van der Waals surface area contributed by atoms with Crippen molar-refractivity contribution in [2.24, 2.45) is 0 Å². The standard InChI is InChI=1S/C26H29N3O5S/c1-2-33-22-16-18(9-10-21(22)34-17-24(30)28-12-14-32-15-13-28)26(31)29-11-5-7-20(29)25-27-19-6-3-4-8-23(19)35-25/h3-4,6,8-10,16,20H,2,5,7,11-15,17H2,1H3/t20-/m1/s1. The summed E-state index contributed by atoms with van der Waals surface area (Å²) < 4.78 is 18.0. The van der Waals surface area contributed by atoms with Gasteiger partial charge in [0.2, 0.25) is 0 Å². The Morgan fingerprint density at radius 3 is 2.71 bits per heavy atom. The third-order valence-corrected chi connectivity index (χ3v) is 7.45. The SMILES string of the molecule is CCOc1cc(C(=O)N2CCC[C@@H]2c2nc3ccccc3s2)ccc1OCC(=O)N1CCOCC1. The van der Waals surface area contributed by atoms with Crippen molar-refractivity contribution in [2.45, 2.75) is 25.8 Å². The maximum absolute atomic E-state index is 13.5. The minimum absolute atomic E-state index is 0.0301. The summed E-state index contributed by atoms with van der Waals surface area (Å²) in [4.78, 5) is 34.4. The highest BCUT2D eigenvalue weighted by Crippen LogP contribution is 2.38. The maximum Gasteiger partial charge on any atom is 0.260 e. The fourth-order valence-corrected chi connectivity index (χ4v) is 5.65. The molecule has 0 unspecified atom stereocenters. The van der Waals surface area contributed by atoms with Crippen molar-refractivity contribution in [2.75, 3.05) is 46.1 Å². The molecule has 2 amide bonds. The summed E-state index contributed by atoms with van der Waals surface area (Å²) in [5, 5.41) is 0.976. The van der Waals surface area contributed by atoms with Crippen LogP contribution in [-0.4, -0.2) is 72.7 Å². The van der Waals surface area contributed by atoms with E-state index in [2.05, 4.69) is 6.07 Å². The monoisotopic (exact) mass is 495 g/mol. The van der Waals surface area contributed by atoms with Crippen LogP contribution < -0.4 is 9.47 Å². The Hall–Kier alpha value is -3.17. The number of morpholine rings is 1. The van der Waals surface area contributed by atoms with Crippen molar-refractivity contribution < 1.29 is 23.8 Å². The number of ether oxygens (including phenoxy) is 3. The van der Waals surface area contributed by atoms with Crippen molar-refractivity contribution >= 4 is 33.4 Å². The normalized spacial score (nSPS) is 18.1. The van der Waals surface area contributed by atoms with E-state index in [1.54, 1.807) is 34.4 Å². The molecular formula is C26H29N3O5S. The van der Waals surface area contributed by atoms with E-state index in [4.69, 9.17) is 19.2 Å². The molecule has 0 spiro atoms. The van der Waals surface area contributed by atoms with Crippen molar-refractivity contribution in [3.05, 3.63) is 53.0 Å². The van der Waals surface area contributed by atoms with E-state index in [9.17, 15) is 9.59 Å². The number of hydrogen-bond acceptors (Lipinski definition) is 7. The smallest absolute Gasteiger partial charge is 0.260 e. The van der Waals surface area contributed by atoms with Gasteiger partial charge in [-0.2, -0.15) is 0 Å². The van der Waals surface area contributed by atoms with E-state index < -0.39 is 0 Å². The van der Waals surface area contributed by atoms with Gasteiger partial charge in [-0.25, -0.2) is 4.98 Å². The highest BCUT2D eigenvalue weighted by molar-refractivity contribution is 7.18. The molecular weight excluding hydrogens is 466 g/mol. The van der Waals surface area contributed by atoms with E-state index in [0.29, 0.717) is 56.5 Å². The lowest BCUT2D eigenvalue weighted by atomic mass is 10.1. The topological polar surface area (TPSA) is 81.2 Å². The first-order chi connectivity index (χ1) is 17.1. The van der Waals surface area contributed by atoms with Crippen LogP contribution in [0.1, 0.15) is 41.2 Å². The number of likely N-dealkylation sites (tertiary alicyclic amines) is 1. The Labute approximate surface area is 208 Å². The average Bonchev–Trinajstić information content (AvgIpc) is 3.55. The molecule has 8 nitrogen and oxygen atoms in total. The first-order valence-electron chi connectivity index (χ1n) is 12.1. The molecule has 2 saturated heterocycles. The molecule has 2 fully saturated rings. The predicted octanol–water partition coefficient (Wildman–Crippen LogP) is 3.91. The van der Waals surface area contributed by atoms with Crippen LogP contribution in [0.25, 0.3) is 10.2 Å². The number of nitrogens with zero attached hydrogens (tertiary/aromatic N) is 3. The molecule has 35 heavy (non-hydrogen) atoms. The second-order valence-electron chi connectivity index (χ2n) is 8.55. The number of carbonyl (C=O) groups excluding carboxylic acids is 2. The lowest BCUT2D eigenvalue weighted by molar-refractivity contribution is -0.137. The summed E-state index contributed by atoms with van der Waals surface area (Å²) in [6.45, 7) is 5.13. The van der Waals surface area contributed by atoms with Crippen molar-refractivity contribution in [3.63, 3.8) is 0 Å². The zero-order valence-electron chi connectivity index (χ0n) is 19.8. The molecule has 3 aromatic rings. The number of carbonyl (C=O) groups is 2. The van der Waals surface area contributed by atoms with Crippen molar-refractivity contribution in [1.82, 2.24) is 14.8 Å². The summed E-state index contributed by atoms with van der Waals surface area (Å²) in [6, 6.07) is 13.2. The summed E-state index contributed by atoms with van der Waals surface area (Å²) >= 11 is 1.65. The number of rotatable bonds is 7. The van der Waals surface area contributed by atoms with Crippen LogP contribution in [0.2, 0.25) is 0 Å². The lowest BCUT2D eigenvalue weighted by Crippen LogP contribution is -2.43. The molecule has 2 aromatic carbocycles. The summed E-state index contributed by atoms with van der Waals surface area (Å²) in [6.07, 6.45) is 1.84. The van der Waals surface area contributed by atoms with Gasteiger partial charge in [-0.1, -0.05) is 12.1 Å². The number of hydrogen-bond donors (Lipinski definition) is 0. The zero-order valence-corrected chi connectivity index (χ0v) is 20.6. The van der Waals surface area contributed by atoms with Crippen molar-refractivity contribution in [1.29, 1.82) is 0 Å². The fraction of sp³-hybridized carbons (Fsp3) is 0.423. The molecule has 2 aliphatic heterocycles. The van der Waals surface area contributed by atoms with Crippen LogP contribution in [-0.2, 0) is 9.53 Å². The van der Waals surface area contributed by atoms with Gasteiger partial charge in [0.05, 0.1) is 36.1 Å². The minimum Gasteiger partial charge on any atom is -0.490 e. The molecule has 0 N–H and O–H groups in total. The molecule has 5 rings (SSSR count). The van der Waals surface area contributed by atoms with Gasteiger partial charge < -0.3 is 24.0 Å². The van der Waals surface area contributed by atoms with Gasteiger partial charge in [-0.15, -0.1) is 11.3 Å². The predicted molar refractivity (Wildman–Crippen MR) is 133 cm³/mol. The Morgan fingerprint density at radius 2 is 1.91 bits per heavy atom. The first kappa shape index (κ1) is 23.6. The van der Waals surface area contributed by atoms with Gasteiger partial charge in [0.1, 0.15) is 5.01 Å². The van der Waals surface area contributed by atoms with Crippen LogP contribution in [0, 0.1) is 0 Å². The van der Waals surface area contributed by atoms with E-state index in [-0.39, 0.29) is 24.5 Å². The third-order valence-electron chi connectivity index (χ3n) is 6.31. The Balaban J connectivity index is 1.31. The maximum atomic E-state index is 13.5. The summed E-state index contributed by atoms with van der Waals surface area (Å²) in [7, 11) is 0. The second kappa shape index (κ2) is 10.6. The first-order valence-corrected chi connectivity index (χ1v) is 12.9. The van der Waals surface area contributed by atoms with Crippen LogP contribution >= 0.6 is 11.3 Å². The van der Waals surface area contributed by atoms with E-state index in [0.717, 1.165) is 28.1 Å². The number of aromatic nitrogens is 1. The van der Waals surface area contributed by atoms with Gasteiger partial charge in [-0.05, 0) is 50.1 Å². The largest absolute Gasteiger partial charge is 0.490 e. The summed E-state index contributed by atoms with van der Waals surface area (Å²) in [5.41, 5.74) is 1.51. The van der Waals surface area contributed by atoms with Gasteiger partial charge in [0, 0.05) is 25.2 Å². The van der Waals surface area contributed by atoms with E-state index in [1.165, 1.54) is 0 Å². The van der Waals surface area contributed by atoms with Crippen LogP contribution in [0.5, 0.6) is 11.5 Å². The number of amides is 2. The van der Waals surface area contributed by atoms with Gasteiger partial charge >= 0.3 is 0 Å². The summed E-state index contributed by atoms with van der Waals surface area (Å²) in [5.74, 6) is 0.772. The van der Waals surface area contributed by atoms with Crippen molar-refractivity contribution in [3.8, 4) is 11.5 Å². The van der Waals surface area contributed by atoms with Gasteiger partial charge in [0.15, 0.2) is 18.1 Å². The van der Waals surface area contributed by atoms with Gasteiger partial charge in [0.25, 0.3) is 11.8 Å². The number of para-hydroxylation sites is 1. The Kier molecular flexibility index (Phi) is 7.15. The van der Waals surface area contributed by atoms with E-state index in [1.807, 2.05) is 30.0 Å². The average molecular weight is 496 g/mol. The van der Waals surface area contributed by atoms with Crippen LogP contribution in [0.15, 0.2) is 42.5 Å². The molecule has 3 heterocycles. The molecule has 0 saturated carbocycles. The molecule has 0 aliphatic carbocycles. The second-order valence-corrected chi connectivity index (χ2v) is 9.61. The molecule has 0 radical (unpaired) electrons. The molecule has 1 atom stereocenters. The molecule has 0 bridgehead atoms. The van der Waals surface area contributed by atoms with Gasteiger partial charge in [-0.3, -0.25) is 9.59 Å². The minimum atomic E-state index is -0.0911. The van der Waals surface area contributed by atoms with Crippen LogP contribution in [0.4, 0.5) is 0 Å². The highest BCUT2D eigenvalue weighted by Gasteiger charge is 2.33. The van der Waals surface area contributed by atoms with Crippen LogP contribution in [0.3, 0.4) is 0 Å². The zero-order chi connectivity index (χ0) is 24.2. The Morgan fingerprint density at radius 1 is 1.09 bits per heavy atom. The number of fused-ring (bicyclic) bond motifs is 1.